The first kappa shape index (κ1) is 32.7. The molecule has 0 spiro atoms. The molecule has 0 aromatic heterocycles. The van der Waals surface area contributed by atoms with Gasteiger partial charge in [0.2, 0.25) is 0 Å². The highest BCUT2D eigenvalue weighted by atomic mass is 32.2. The standard InChI is InChI=1S/C26H40F6O3S/c1-2-3-4-5-6-7-8-9-10-11-12-13-14-15-16-17-22-18-20-23(21-19-22)36(33,34)35-24(25(27,28)29)26(30,31)32/h18-21,24H,2-17H2,1H3. The molecule has 0 bridgehead atoms. The van der Waals surface area contributed by atoms with E-state index in [1.165, 1.54) is 82.8 Å². The Morgan fingerprint density at radius 3 is 1.36 bits per heavy atom. The van der Waals surface area contributed by atoms with Crippen LogP contribution in [0.5, 0.6) is 0 Å². The Bertz CT molecular complexity index is 790. The lowest BCUT2D eigenvalue weighted by atomic mass is 10.0. The summed E-state index contributed by atoms with van der Waals surface area (Å²) in [5.74, 6) is 0. The minimum atomic E-state index is -5.90. The van der Waals surface area contributed by atoms with Crippen molar-refractivity contribution in [3.63, 3.8) is 0 Å². The third-order valence-electron chi connectivity index (χ3n) is 6.10. The van der Waals surface area contributed by atoms with Crippen LogP contribution < -0.4 is 0 Å². The number of unbranched alkanes of at least 4 members (excludes halogenated alkanes) is 14. The predicted molar refractivity (Wildman–Crippen MR) is 129 cm³/mol. The van der Waals surface area contributed by atoms with Crippen LogP contribution >= 0.6 is 0 Å². The van der Waals surface area contributed by atoms with Crippen LogP contribution in [0.25, 0.3) is 0 Å². The van der Waals surface area contributed by atoms with Gasteiger partial charge in [-0.15, -0.1) is 0 Å². The topological polar surface area (TPSA) is 43.4 Å². The number of hydrogen-bond acceptors (Lipinski definition) is 3. The van der Waals surface area contributed by atoms with Gasteiger partial charge >= 0.3 is 12.4 Å². The van der Waals surface area contributed by atoms with Crippen molar-refractivity contribution >= 4 is 10.1 Å². The molecule has 0 saturated carbocycles. The van der Waals surface area contributed by atoms with Crippen LogP contribution in [0.4, 0.5) is 26.3 Å². The van der Waals surface area contributed by atoms with Gasteiger partial charge in [0.15, 0.2) is 0 Å². The third-order valence-corrected chi connectivity index (χ3v) is 7.39. The molecule has 3 nitrogen and oxygen atoms in total. The predicted octanol–water partition coefficient (Wildman–Crippen LogP) is 9.30. The van der Waals surface area contributed by atoms with Crippen LogP contribution in [0.1, 0.15) is 109 Å². The third kappa shape index (κ3) is 13.9. The summed E-state index contributed by atoms with van der Waals surface area (Å²) in [5.41, 5.74) is 0.756. The summed E-state index contributed by atoms with van der Waals surface area (Å²) in [7, 11) is -5.23. The summed E-state index contributed by atoms with van der Waals surface area (Å²) >= 11 is 0. The van der Waals surface area contributed by atoms with Gasteiger partial charge in [-0.3, -0.25) is 0 Å². The second-order valence-electron chi connectivity index (χ2n) is 9.36. The van der Waals surface area contributed by atoms with Gasteiger partial charge in [0, 0.05) is 0 Å². The molecule has 0 aliphatic rings. The molecule has 0 atom stereocenters. The Balaban J connectivity index is 2.23. The molecule has 210 valence electrons. The van der Waals surface area contributed by atoms with Crippen molar-refractivity contribution in [2.45, 2.75) is 133 Å². The normalized spacial score (nSPS) is 13.0. The van der Waals surface area contributed by atoms with Gasteiger partial charge in [0.1, 0.15) is 0 Å². The number of benzene rings is 1. The number of halogens is 6. The molecule has 0 unspecified atom stereocenters. The van der Waals surface area contributed by atoms with Crippen LogP contribution in [-0.2, 0) is 20.7 Å². The van der Waals surface area contributed by atoms with E-state index < -0.39 is 33.5 Å². The molecular formula is C26H40F6O3S. The molecule has 0 aliphatic heterocycles. The van der Waals surface area contributed by atoms with E-state index in [1.807, 2.05) is 0 Å². The number of rotatable bonds is 19. The van der Waals surface area contributed by atoms with Crippen molar-refractivity contribution in [1.29, 1.82) is 0 Å². The molecule has 0 aliphatic carbocycles. The minimum absolute atomic E-state index is 0.646. The average molecular weight is 547 g/mol. The lowest BCUT2D eigenvalue weighted by Gasteiger charge is -2.22. The number of hydrogen-bond donors (Lipinski definition) is 0. The van der Waals surface area contributed by atoms with Crippen molar-refractivity contribution in [1.82, 2.24) is 0 Å². The Morgan fingerprint density at radius 2 is 1.00 bits per heavy atom. The molecule has 1 rings (SSSR count). The van der Waals surface area contributed by atoms with Gasteiger partial charge in [-0.05, 0) is 30.5 Å². The number of alkyl halides is 6. The van der Waals surface area contributed by atoms with E-state index in [0.717, 1.165) is 43.4 Å². The molecule has 1 aromatic rings. The van der Waals surface area contributed by atoms with Crippen molar-refractivity contribution in [3.05, 3.63) is 29.8 Å². The molecule has 0 radical (unpaired) electrons. The quantitative estimate of drug-likeness (QED) is 0.0986. The van der Waals surface area contributed by atoms with Crippen molar-refractivity contribution in [3.8, 4) is 0 Å². The molecule has 0 fully saturated rings. The van der Waals surface area contributed by atoms with Gasteiger partial charge < -0.3 is 0 Å². The fourth-order valence-corrected chi connectivity index (χ4v) is 5.05. The van der Waals surface area contributed by atoms with E-state index in [-0.39, 0.29) is 0 Å². The smallest absolute Gasteiger partial charge is 0.244 e. The lowest BCUT2D eigenvalue weighted by molar-refractivity contribution is -0.299. The van der Waals surface area contributed by atoms with E-state index in [2.05, 4.69) is 11.1 Å². The van der Waals surface area contributed by atoms with E-state index in [0.29, 0.717) is 6.42 Å². The Morgan fingerprint density at radius 1 is 0.639 bits per heavy atom. The second kappa shape index (κ2) is 16.5. The Hall–Kier alpha value is -1.29. The van der Waals surface area contributed by atoms with Crippen molar-refractivity contribution < 1.29 is 38.9 Å². The van der Waals surface area contributed by atoms with E-state index >= 15 is 0 Å². The van der Waals surface area contributed by atoms with E-state index in [9.17, 15) is 34.8 Å². The zero-order valence-electron chi connectivity index (χ0n) is 21.1. The fraction of sp³-hybridized carbons (Fsp3) is 0.769. The maximum atomic E-state index is 12.6. The molecular weight excluding hydrogens is 506 g/mol. The SMILES string of the molecule is CCCCCCCCCCCCCCCCCc1ccc(S(=O)(=O)OC(C(F)(F)F)C(F)(F)F)cc1. The average Bonchev–Trinajstić information content (AvgIpc) is 2.79. The van der Waals surface area contributed by atoms with Crippen molar-refractivity contribution in [2.75, 3.05) is 0 Å². The maximum Gasteiger partial charge on any atom is 0.425 e. The van der Waals surface area contributed by atoms with E-state index in [1.54, 1.807) is 0 Å². The summed E-state index contributed by atoms with van der Waals surface area (Å²) in [6.45, 7) is 2.23. The molecule has 10 heteroatoms. The van der Waals surface area contributed by atoms with E-state index in [4.69, 9.17) is 0 Å². The molecule has 1 aromatic carbocycles. The summed E-state index contributed by atoms with van der Waals surface area (Å²) in [5, 5.41) is 0. The fourth-order valence-electron chi connectivity index (χ4n) is 4.00. The highest BCUT2D eigenvalue weighted by molar-refractivity contribution is 7.86. The first-order chi connectivity index (χ1) is 16.9. The van der Waals surface area contributed by atoms with Crippen LogP contribution in [0.3, 0.4) is 0 Å². The highest BCUT2D eigenvalue weighted by Gasteiger charge is 2.60. The Labute approximate surface area is 212 Å². The van der Waals surface area contributed by atoms with Crippen LogP contribution in [0, 0.1) is 0 Å². The summed E-state index contributed by atoms with van der Waals surface area (Å²) in [6.07, 6.45) is 2.93. The molecule has 0 amide bonds. The van der Waals surface area contributed by atoms with Crippen LogP contribution in [-0.4, -0.2) is 26.9 Å². The summed E-state index contributed by atoms with van der Waals surface area (Å²) < 4.78 is 103. The molecule has 36 heavy (non-hydrogen) atoms. The summed E-state index contributed by atoms with van der Waals surface area (Å²) in [6, 6.07) is 4.71. The van der Waals surface area contributed by atoms with Gasteiger partial charge in [-0.2, -0.15) is 34.8 Å². The van der Waals surface area contributed by atoms with Gasteiger partial charge in [-0.25, -0.2) is 4.18 Å². The largest absolute Gasteiger partial charge is 0.425 e. The first-order valence-corrected chi connectivity index (χ1v) is 14.4. The highest BCUT2D eigenvalue weighted by Crippen LogP contribution is 2.37. The summed E-state index contributed by atoms with van der Waals surface area (Å²) in [4.78, 5) is -0.749. The first-order valence-electron chi connectivity index (χ1n) is 13.0. The zero-order chi connectivity index (χ0) is 27.1. The monoisotopic (exact) mass is 546 g/mol. The molecule has 0 saturated heterocycles. The second-order valence-corrected chi connectivity index (χ2v) is 10.9. The van der Waals surface area contributed by atoms with Crippen molar-refractivity contribution in [2.24, 2.45) is 0 Å². The van der Waals surface area contributed by atoms with Gasteiger partial charge in [0.05, 0.1) is 4.90 Å². The molecule has 0 heterocycles. The maximum absolute atomic E-state index is 12.6. The lowest BCUT2D eigenvalue weighted by Crippen LogP contribution is -2.45. The van der Waals surface area contributed by atoms with Gasteiger partial charge in [0.25, 0.3) is 16.2 Å². The zero-order valence-corrected chi connectivity index (χ0v) is 21.9. The van der Waals surface area contributed by atoms with Crippen LogP contribution in [0.15, 0.2) is 29.2 Å². The van der Waals surface area contributed by atoms with Crippen LogP contribution in [0.2, 0.25) is 0 Å². The number of aryl methyl sites for hydroxylation is 1. The Kier molecular flexibility index (Phi) is 15.0. The minimum Gasteiger partial charge on any atom is -0.244 e. The van der Waals surface area contributed by atoms with Gasteiger partial charge in [-0.1, -0.05) is 109 Å². The molecule has 0 N–H and O–H groups in total.